The average molecular weight is 256 g/mol. The average Bonchev–Trinajstić information content (AvgIpc) is 2.35. The fourth-order valence-electron chi connectivity index (χ4n) is 2.39. The molecule has 0 aliphatic carbocycles. The first-order valence-electron chi connectivity index (χ1n) is 6.71. The number of nitrogens with zero attached hydrogens (tertiary/aromatic N) is 1. The van der Waals surface area contributed by atoms with Gasteiger partial charge in [-0.1, -0.05) is 20.3 Å². The third-order valence-electron chi connectivity index (χ3n) is 3.84. The summed E-state index contributed by atoms with van der Waals surface area (Å²) in [6.07, 6.45) is 2.77. The van der Waals surface area contributed by atoms with Gasteiger partial charge in [-0.05, 0) is 24.7 Å². The number of carboxylic acid groups (broad SMARTS) is 1. The Hall–Kier alpha value is -1.10. The van der Waals surface area contributed by atoms with E-state index in [1.165, 1.54) is 0 Å². The zero-order valence-electron chi connectivity index (χ0n) is 11.3. The van der Waals surface area contributed by atoms with E-state index in [1.54, 1.807) is 4.90 Å². The van der Waals surface area contributed by atoms with E-state index in [4.69, 9.17) is 10.8 Å². The van der Waals surface area contributed by atoms with E-state index in [9.17, 15) is 9.59 Å². The van der Waals surface area contributed by atoms with Gasteiger partial charge in [0.1, 0.15) is 0 Å². The van der Waals surface area contributed by atoms with E-state index in [1.807, 2.05) is 13.8 Å². The van der Waals surface area contributed by atoms with Crippen molar-refractivity contribution in [1.82, 2.24) is 4.90 Å². The highest BCUT2D eigenvalue weighted by Gasteiger charge is 2.29. The van der Waals surface area contributed by atoms with E-state index in [2.05, 4.69) is 0 Å². The molecule has 18 heavy (non-hydrogen) atoms. The number of nitrogens with two attached hydrogens (primary N) is 1. The minimum atomic E-state index is -0.791. The molecular formula is C13H24N2O3. The second-order valence-electron chi connectivity index (χ2n) is 5.30. The van der Waals surface area contributed by atoms with Crippen LogP contribution in [0.4, 0.5) is 0 Å². The molecule has 1 amide bonds. The number of hydrogen-bond donors (Lipinski definition) is 2. The maximum atomic E-state index is 12.2. The van der Waals surface area contributed by atoms with Crippen LogP contribution in [0.2, 0.25) is 0 Å². The number of carbonyl (C=O) groups excluding carboxylic acids is 1. The number of amides is 1. The van der Waals surface area contributed by atoms with Crippen molar-refractivity contribution in [3.63, 3.8) is 0 Å². The summed E-state index contributed by atoms with van der Waals surface area (Å²) in [4.78, 5) is 24.6. The SMILES string of the molecule is CCC(C)C(N)C(=O)N1CCCC(CC(=O)O)C1. The van der Waals surface area contributed by atoms with Crippen molar-refractivity contribution in [3.8, 4) is 0 Å². The molecule has 0 radical (unpaired) electrons. The van der Waals surface area contributed by atoms with Crippen LogP contribution in [0.5, 0.6) is 0 Å². The van der Waals surface area contributed by atoms with Gasteiger partial charge in [0.15, 0.2) is 0 Å². The molecule has 3 N–H and O–H groups in total. The quantitative estimate of drug-likeness (QED) is 0.770. The molecule has 0 saturated carbocycles. The van der Waals surface area contributed by atoms with Crippen molar-refractivity contribution in [1.29, 1.82) is 0 Å². The second kappa shape index (κ2) is 6.73. The Bertz CT molecular complexity index is 307. The number of likely N-dealkylation sites (tertiary alicyclic amines) is 1. The molecule has 1 aliphatic heterocycles. The highest BCUT2D eigenvalue weighted by molar-refractivity contribution is 5.82. The van der Waals surface area contributed by atoms with Crippen LogP contribution in [0.15, 0.2) is 0 Å². The van der Waals surface area contributed by atoms with Crippen molar-refractivity contribution in [2.45, 2.75) is 45.6 Å². The number of aliphatic carboxylic acids is 1. The van der Waals surface area contributed by atoms with Crippen molar-refractivity contribution >= 4 is 11.9 Å². The standard InChI is InChI=1S/C13H24N2O3/c1-3-9(2)12(14)13(18)15-6-4-5-10(8-15)7-11(16)17/h9-10,12H,3-8,14H2,1-2H3,(H,16,17). The molecule has 1 saturated heterocycles. The van der Waals surface area contributed by atoms with Gasteiger partial charge in [0.05, 0.1) is 6.04 Å². The number of piperidine rings is 1. The molecule has 3 atom stereocenters. The maximum Gasteiger partial charge on any atom is 0.303 e. The second-order valence-corrected chi connectivity index (χ2v) is 5.30. The van der Waals surface area contributed by atoms with E-state index >= 15 is 0 Å². The number of carboxylic acids is 1. The zero-order chi connectivity index (χ0) is 13.7. The molecule has 0 aromatic heterocycles. The molecule has 5 nitrogen and oxygen atoms in total. The van der Waals surface area contributed by atoms with Crippen molar-refractivity contribution in [2.75, 3.05) is 13.1 Å². The molecular weight excluding hydrogens is 232 g/mol. The fraction of sp³-hybridized carbons (Fsp3) is 0.846. The van der Waals surface area contributed by atoms with Gasteiger partial charge in [-0.15, -0.1) is 0 Å². The Morgan fingerprint density at radius 3 is 2.72 bits per heavy atom. The number of rotatable bonds is 5. The predicted molar refractivity (Wildman–Crippen MR) is 69.0 cm³/mol. The predicted octanol–water partition coefficient (Wildman–Crippen LogP) is 1.07. The van der Waals surface area contributed by atoms with Gasteiger partial charge in [0.25, 0.3) is 0 Å². The maximum absolute atomic E-state index is 12.2. The van der Waals surface area contributed by atoms with Crippen LogP contribution in [0.1, 0.15) is 39.5 Å². The molecule has 0 aromatic rings. The van der Waals surface area contributed by atoms with Gasteiger partial charge in [-0.2, -0.15) is 0 Å². The van der Waals surface area contributed by atoms with E-state index in [-0.39, 0.29) is 24.2 Å². The summed E-state index contributed by atoms with van der Waals surface area (Å²) < 4.78 is 0. The lowest BCUT2D eigenvalue weighted by Crippen LogP contribution is -2.50. The summed E-state index contributed by atoms with van der Waals surface area (Å²) in [6, 6.07) is -0.460. The van der Waals surface area contributed by atoms with E-state index in [0.717, 1.165) is 19.3 Å². The fourth-order valence-corrected chi connectivity index (χ4v) is 2.39. The highest BCUT2D eigenvalue weighted by Crippen LogP contribution is 2.21. The minimum absolute atomic E-state index is 0.0283. The van der Waals surface area contributed by atoms with Crippen molar-refractivity contribution in [2.24, 2.45) is 17.6 Å². The Labute approximate surface area is 108 Å². The zero-order valence-corrected chi connectivity index (χ0v) is 11.3. The van der Waals surface area contributed by atoms with Gasteiger partial charge in [0, 0.05) is 19.5 Å². The summed E-state index contributed by atoms with van der Waals surface area (Å²) in [6.45, 7) is 5.23. The highest BCUT2D eigenvalue weighted by atomic mass is 16.4. The van der Waals surface area contributed by atoms with Gasteiger partial charge in [-0.25, -0.2) is 0 Å². The summed E-state index contributed by atoms with van der Waals surface area (Å²) in [7, 11) is 0. The van der Waals surface area contributed by atoms with Gasteiger partial charge < -0.3 is 15.7 Å². The van der Waals surface area contributed by atoms with Gasteiger partial charge in [-0.3, -0.25) is 9.59 Å². The Morgan fingerprint density at radius 2 is 2.17 bits per heavy atom. The van der Waals surface area contributed by atoms with Crippen LogP contribution in [-0.4, -0.2) is 41.0 Å². The summed E-state index contributed by atoms with van der Waals surface area (Å²) in [5, 5.41) is 8.80. The molecule has 3 unspecified atom stereocenters. The van der Waals surface area contributed by atoms with Gasteiger partial charge in [0.2, 0.25) is 5.91 Å². The molecule has 5 heteroatoms. The smallest absolute Gasteiger partial charge is 0.303 e. The third-order valence-corrected chi connectivity index (χ3v) is 3.84. The van der Waals surface area contributed by atoms with E-state index in [0.29, 0.717) is 13.1 Å². The third kappa shape index (κ3) is 3.98. The molecule has 1 heterocycles. The number of carbonyl (C=O) groups is 2. The summed E-state index contributed by atoms with van der Waals surface area (Å²) >= 11 is 0. The lowest BCUT2D eigenvalue weighted by atomic mass is 9.92. The normalized spacial score (nSPS) is 23.5. The molecule has 0 bridgehead atoms. The lowest BCUT2D eigenvalue weighted by Gasteiger charge is -2.34. The first kappa shape index (κ1) is 15.0. The monoisotopic (exact) mass is 256 g/mol. The minimum Gasteiger partial charge on any atom is -0.481 e. The van der Waals surface area contributed by atoms with Crippen molar-refractivity contribution < 1.29 is 14.7 Å². The number of hydrogen-bond acceptors (Lipinski definition) is 3. The van der Waals surface area contributed by atoms with Crippen molar-refractivity contribution in [3.05, 3.63) is 0 Å². The van der Waals surface area contributed by atoms with Crippen LogP contribution in [-0.2, 0) is 9.59 Å². The molecule has 0 spiro atoms. The molecule has 1 rings (SSSR count). The largest absolute Gasteiger partial charge is 0.481 e. The van der Waals surface area contributed by atoms with Crippen LogP contribution >= 0.6 is 0 Å². The molecule has 1 fully saturated rings. The lowest BCUT2D eigenvalue weighted by molar-refractivity contribution is -0.141. The molecule has 104 valence electrons. The summed E-state index contributed by atoms with van der Waals surface area (Å²) in [5.74, 6) is -0.582. The Morgan fingerprint density at radius 1 is 1.50 bits per heavy atom. The van der Waals surface area contributed by atoms with Crippen LogP contribution in [0.3, 0.4) is 0 Å². The first-order chi connectivity index (χ1) is 8.45. The summed E-state index contributed by atoms with van der Waals surface area (Å²) in [5.41, 5.74) is 5.94. The molecule has 1 aliphatic rings. The Balaban J connectivity index is 2.55. The van der Waals surface area contributed by atoms with Gasteiger partial charge >= 0.3 is 5.97 Å². The molecule has 0 aromatic carbocycles. The van der Waals surface area contributed by atoms with Crippen LogP contribution in [0.25, 0.3) is 0 Å². The van der Waals surface area contributed by atoms with Crippen LogP contribution in [0, 0.1) is 11.8 Å². The first-order valence-corrected chi connectivity index (χ1v) is 6.71. The van der Waals surface area contributed by atoms with Crippen LogP contribution < -0.4 is 5.73 Å². The topological polar surface area (TPSA) is 83.6 Å². The van der Waals surface area contributed by atoms with E-state index < -0.39 is 12.0 Å². The Kier molecular flexibility index (Phi) is 5.59.